The van der Waals surface area contributed by atoms with Gasteiger partial charge in [-0.1, -0.05) is 6.92 Å². The minimum absolute atomic E-state index is 0.0490. The van der Waals surface area contributed by atoms with Gasteiger partial charge in [-0.2, -0.15) is 4.31 Å². The number of anilines is 1. The monoisotopic (exact) mass is 465 g/mol. The Morgan fingerprint density at radius 2 is 2.09 bits per heavy atom. The Morgan fingerprint density at radius 3 is 2.81 bits per heavy atom. The Bertz CT molecular complexity index is 990. The molecule has 9 nitrogen and oxygen atoms in total. The molecule has 0 saturated carbocycles. The summed E-state index contributed by atoms with van der Waals surface area (Å²) in [5.74, 6) is -0.399. The summed E-state index contributed by atoms with van der Waals surface area (Å²) >= 11 is 0. The molecule has 1 aromatic carbocycles. The SMILES string of the molecule is CC[C@@H]1Oc2cc(S(=O)(=O)N3CCC[C@@H](C(=O)NC[C@@H]4CCCO4)C3)c(C)cc2NC1=O. The second kappa shape index (κ2) is 9.36. The van der Waals surface area contributed by atoms with Crippen molar-refractivity contribution in [2.75, 3.05) is 31.6 Å². The van der Waals surface area contributed by atoms with Crippen molar-refractivity contribution >= 4 is 27.5 Å². The van der Waals surface area contributed by atoms with E-state index in [0.717, 1.165) is 19.4 Å². The number of hydrogen-bond acceptors (Lipinski definition) is 6. The minimum atomic E-state index is -3.83. The maximum Gasteiger partial charge on any atom is 0.265 e. The van der Waals surface area contributed by atoms with Crippen LogP contribution in [-0.2, 0) is 24.3 Å². The summed E-state index contributed by atoms with van der Waals surface area (Å²) in [6.45, 7) is 5.23. The highest BCUT2D eigenvalue weighted by atomic mass is 32.2. The smallest absolute Gasteiger partial charge is 0.265 e. The van der Waals surface area contributed by atoms with Crippen LogP contribution in [0.5, 0.6) is 5.75 Å². The number of amides is 2. The quantitative estimate of drug-likeness (QED) is 0.662. The van der Waals surface area contributed by atoms with Gasteiger partial charge < -0.3 is 20.1 Å². The summed E-state index contributed by atoms with van der Waals surface area (Å²) in [5.41, 5.74) is 0.994. The number of ether oxygens (including phenoxy) is 2. The molecule has 3 aliphatic rings. The Morgan fingerprint density at radius 1 is 1.28 bits per heavy atom. The van der Waals surface area contributed by atoms with Crippen LogP contribution in [-0.4, -0.2) is 63.0 Å². The van der Waals surface area contributed by atoms with Crippen molar-refractivity contribution in [3.8, 4) is 5.75 Å². The zero-order chi connectivity index (χ0) is 22.9. The molecular weight excluding hydrogens is 434 g/mol. The zero-order valence-electron chi connectivity index (χ0n) is 18.6. The van der Waals surface area contributed by atoms with Crippen LogP contribution in [0.15, 0.2) is 17.0 Å². The standard InChI is InChI=1S/C22H31N3O6S/c1-3-18-22(27)24-17-10-14(2)20(11-19(17)31-18)32(28,29)25-8-4-6-15(13-25)21(26)23-12-16-7-5-9-30-16/h10-11,15-16,18H,3-9,12-13H2,1-2H3,(H,23,26)(H,24,27)/t15-,16+,18+/m1/s1. The van der Waals surface area contributed by atoms with Crippen LogP contribution in [0.4, 0.5) is 5.69 Å². The van der Waals surface area contributed by atoms with Crippen LogP contribution in [0.3, 0.4) is 0 Å². The summed E-state index contributed by atoms with van der Waals surface area (Å²) in [6.07, 6.45) is 3.09. The summed E-state index contributed by atoms with van der Waals surface area (Å²) in [7, 11) is -3.83. The first-order chi connectivity index (χ1) is 15.3. The molecule has 0 unspecified atom stereocenters. The number of nitrogens with zero attached hydrogens (tertiary/aromatic N) is 1. The number of fused-ring (bicyclic) bond motifs is 1. The van der Waals surface area contributed by atoms with Gasteiger partial charge >= 0.3 is 0 Å². The van der Waals surface area contributed by atoms with E-state index in [1.165, 1.54) is 10.4 Å². The third kappa shape index (κ3) is 4.62. The first kappa shape index (κ1) is 23.0. The number of sulfonamides is 1. The lowest BCUT2D eigenvalue weighted by Crippen LogP contribution is -2.46. The van der Waals surface area contributed by atoms with E-state index in [-0.39, 0.29) is 29.4 Å². The summed E-state index contributed by atoms with van der Waals surface area (Å²) < 4.78 is 39.6. The van der Waals surface area contributed by atoms with E-state index < -0.39 is 22.0 Å². The fourth-order valence-electron chi connectivity index (χ4n) is 4.51. The molecular formula is C22H31N3O6S. The number of piperidine rings is 1. The number of rotatable bonds is 6. The predicted molar refractivity (Wildman–Crippen MR) is 118 cm³/mol. The van der Waals surface area contributed by atoms with Gasteiger partial charge in [0.25, 0.3) is 5.91 Å². The third-order valence-corrected chi connectivity index (χ3v) is 8.38. The highest BCUT2D eigenvalue weighted by molar-refractivity contribution is 7.89. The van der Waals surface area contributed by atoms with Crippen molar-refractivity contribution in [1.82, 2.24) is 9.62 Å². The lowest BCUT2D eigenvalue weighted by atomic mass is 9.99. The number of benzene rings is 1. The van der Waals surface area contributed by atoms with Gasteiger partial charge in [-0.05, 0) is 50.7 Å². The van der Waals surface area contributed by atoms with Crippen LogP contribution in [0.1, 0.15) is 44.6 Å². The molecule has 3 aliphatic heterocycles. The molecule has 2 saturated heterocycles. The van der Waals surface area contributed by atoms with Crippen LogP contribution in [0.2, 0.25) is 0 Å². The van der Waals surface area contributed by atoms with Crippen LogP contribution < -0.4 is 15.4 Å². The van der Waals surface area contributed by atoms with Crippen molar-refractivity contribution in [3.05, 3.63) is 17.7 Å². The number of carbonyl (C=O) groups is 2. The average molecular weight is 466 g/mol. The number of carbonyl (C=O) groups excluding carboxylic acids is 2. The Hall–Kier alpha value is -2.17. The van der Waals surface area contributed by atoms with Crippen LogP contribution in [0, 0.1) is 12.8 Å². The minimum Gasteiger partial charge on any atom is -0.478 e. The maximum absolute atomic E-state index is 13.5. The summed E-state index contributed by atoms with van der Waals surface area (Å²) in [6, 6.07) is 3.12. The molecule has 2 amide bonds. The molecule has 2 fully saturated rings. The number of hydrogen-bond donors (Lipinski definition) is 2. The average Bonchev–Trinajstić information content (AvgIpc) is 3.30. The number of aryl methyl sites for hydroxylation is 1. The largest absolute Gasteiger partial charge is 0.478 e. The summed E-state index contributed by atoms with van der Waals surface area (Å²) in [5, 5.41) is 5.71. The second-order valence-corrected chi connectivity index (χ2v) is 10.6. The van der Waals surface area contributed by atoms with Gasteiger partial charge in [-0.25, -0.2) is 8.42 Å². The van der Waals surface area contributed by atoms with Crippen molar-refractivity contribution in [1.29, 1.82) is 0 Å². The second-order valence-electron chi connectivity index (χ2n) is 8.70. The lowest BCUT2D eigenvalue weighted by molar-refractivity contribution is -0.126. The van der Waals surface area contributed by atoms with E-state index in [4.69, 9.17) is 9.47 Å². The van der Waals surface area contributed by atoms with Crippen molar-refractivity contribution in [2.24, 2.45) is 5.92 Å². The van der Waals surface area contributed by atoms with E-state index in [1.807, 2.05) is 6.92 Å². The first-order valence-corrected chi connectivity index (χ1v) is 12.7. The van der Waals surface area contributed by atoms with Gasteiger partial charge in [0.05, 0.1) is 22.6 Å². The molecule has 176 valence electrons. The van der Waals surface area contributed by atoms with Gasteiger partial charge in [-0.15, -0.1) is 0 Å². The van der Waals surface area contributed by atoms with E-state index in [1.54, 1.807) is 13.0 Å². The fraction of sp³-hybridized carbons (Fsp3) is 0.636. The van der Waals surface area contributed by atoms with E-state index in [2.05, 4.69) is 10.6 Å². The van der Waals surface area contributed by atoms with Crippen LogP contribution in [0.25, 0.3) is 0 Å². The molecule has 0 spiro atoms. The molecule has 0 aliphatic carbocycles. The summed E-state index contributed by atoms with van der Waals surface area (Å²) in [4.78, 5) is 24.9. The van der Waals surface area contributed by atoms with Gasteiger partial charge in [0.1, 0.15) is 5.75 Å². The molecule has 32 heavy (non-hydrogen) atoms. The Kier molecular flexibility index (Phi) is 6.73. The van der Waals surface area contributed by atoms with Crippen molar-refractivity contribution in [3.63, 3.8) is 0 Å². The third-order valence-electron chi connectivity index (χ3n) is 6.37. The Labute approximate surface area is 188 Å². The molecule has 0 radical (unpaired) electrons. The molecule has 4 rings (SSSR count). The molecule has 1 aromatic rings. The molecule has 0 aromatic heterocycles. The van der Waals surface area contributed by atoms with Gasteiger partial charge in [0, 0.05) is 32.3 Å². The fourth-order valence-corrected chi connectivity index (χ4v) is 6.25. The highest BCUT2D eigenvalue weighted by Crippen LogP contribution is 2.36. The first-order valence-electron chi connectivity index (χ1n) is 11.3. The van der Waals surface area contributed by atoms with Gasteiger partial charge in [0.15, 0.2) is 6.10 Å². The normalized spacial score (nSPS) is 26.2. The topological polar surface area (TPSA) is 114 Å². The van der Waals surface area contributed by atoms with Gasteiger partial charge in [0.2, 0.25) is 15.9 Å². The van der Waals surface area contributed by atoms with Crippen molar-refractivity contribution < 1.29 is 27.5 Å². The molecule has 3 atom stereocenters. The Balaban J connectivity index is 1.49. The van der Waals surface area contributed by atoms with Crippen molar-refractivity contribution in [2.45, 2.75) is 63.1 Å². The molecule has 0 bridgehead atoms. The van der Waals surface area contributed by atoms with E-state index in [0.29, 0.717) is 49.4 Å². The molecule has 2 N–H and O–H groups in total. The molecule has 3 heterocycles. The van der Waals surface area contributed by atoms with E-state index in [9.17, 15) is 18.0 Å². The number of nitrogens with one attached hydrogen (secondary N) is 2. The molecule has 10 heteroatoms. The predicted octanol–water partition coefficient (Wildman–Crippen LogP) is 1.80. The lowest BCUT2D eigenvalue weighted by Gasteiger charge is -2.32. The maximum atomic E-state index is 13.5. The van der Waals surface area contributed by atoms with E-state index >= 15 is 0 Å². The zero-order valence-corrected chi connectivity index (χ0v) is 19.4. The highest BCUT2D eigenvalue weighted by Gasteiger charge is 2.36. The van der Waals surface area contributed by atoms with Crippen LogP contribution >= 0.6 is 0 Å². The van der Waals surface area contributed by atoms with Gasteiger partial charge in [-0.3, -0.25) is 9.59 Å².